The van der Waals surface area contributed by atoms with Crippen LogP contribution in [-0.4, -0.2) is 13.1 Å². The molecule has 0 spiro atoms. The predicted molar refractivity (Wildman–Crippen MR) is 117 cm³/mol. The Morgan fingerprint density at radius 2 is 0.741 bits per heavy atom. The molecule has 0 aliphatic heterocycles. The summed E-state index contributed by atoms with van der Waals surface area (Å²) in [5, 5.41) is 3.97. The van der Waals surface area contributed by atoms with Gasteiger partial charge in [-0.3, -0.25) is 0 Å². The van der Waals surface area contributed by atoms with Crippen molar-refractivity contribution in [1.29, 1.82) is 0 Å². The van der Waals surface area contributed by atoms with Gasteiger partial charge < -0.3 is 5.32 Å². The van der Waals surface area contributed by atoms with Crippen molar-refractivity contribution in [2.24, 2.45) is 0 Å². The maximum Gasteiger partial charge on any atom is 4.00 e. The fourth-order valence-electron chi connectivity index (χ4n) is 1.66. The third kappa shape index (κ3) is 20.3. The van der Waals surface area contributed by atoms with E-state index in [4.69, 9.17) is 0 Å². The molecule has 140 valence electrons. The molecule has 0 atom stereocenters. The van der Waals surface area contributed by atoms with Crippen LogP contribution in [0.3, 0.4) is 0 Å². The number of nitrogens with zero attached hydrogens (tertiary/aromatic N) is 1. The molecule has 0 aromatic heterocycles. The maximum absolute atomic E-state index is 3.97. The minimum Gasteiger partial charge on any atom is -0.663 e. The van der Waals surface area contributed by atoms with E-state index < -0.39 is 0 Å². The first-order chi connectivity index (χ1) is 12.6. The van der Waals surface area contributed by atoms with Crippen LogP contribution < -0.4 is 0 Å². The predicted octanol–water partition coefficient (Wildman–Crippen LogP) is 7.00. The van der Waals surface area contributed by atoms with Crippen LogP contribution in [0.4, 0.5) is 0 Å². The molecule has 0 N–H and O–H groups in total. The Balaban J connectivity index is 0. The van der Waals surface area contributed by atoms with Gasteiger partial charge in [-0.15, -0.1) is 36.4 Å². The van der Waals surface area contributed by atoms with Gasteiger partial charge in [0.1, 0.15) is 0 Å². The standard InChI is InChI=1S/3C7H7.C4H10N.Zr/c3*1-7-5-3-2-4-6-7;1-3-5-4-2;/h3*2-6H,1H2;3-4H2,1-2H3;/q4*-1;+4. The third-order valence-corrected chi connectivity index (χ3v) is 2.98. The van der Waals surface area contributed by atoms with E-state index in [0.717, 1.165) is 29.8 Å². The minimum absolute atomic E-state index is 0. The summed E-state index contributed by atoms with van der Waals surface area (Å²) in [6.45, 7) is 17.2. The summed E-state index contributed by atoms with van der Waals surface area (Å²) in [6.07, 6.45) is 0. The molecular formula is C25H31NZr. The summed E-state index contributed by atoms with van der Waals surface area (Å²) in [7, 11) is 0. The molecule has 0 aliphatic carbocycles. The van der Waals surface area contributed by atoms with Crippen molar-refractivity contribution in [2.45, 2.75) is 13.8 Å². The summed E-state index contributed by atoms with van der Waals surface area (Å²) < 4.78 is 0. The Bertz CT molecular complexity index is 533. The third-order valence-electron chi connectivity index (χ3n) is 2.98. The van der Waals surface area contributed by atoms with E-state index in [-0.39, 0.29) is 26.2 Å². The summed E-state index contributed by atoms with van der Waals surface area (Å²) in [4.78, 5) is 0. The molecule has 0 saturated carbocycles. The second kappa shape index (κ2) is 20.4. The van der Waals surface area contributed by atoms with Crippen molar-refractivity contribution < 1.29 is 26.2 Å². The molecule has 3 rings (SSSR count). The molecule has 0 fully saturated rings. The van der Waals surface area contributed by atoms with Crippen molar-refractivity contribution in [3.8, 4) is 0 Å². The summed E-state index contributed by atoms with van der Waals surface area (Å²) >= 11 is 0. The van der Waals surface area contributed by atoms with Crippen molar-refractivity contribution in [1.82, 2.24) is 0 Å². The number of rotatable bonds is 2. The zero-order valence-corrected chi connectivity index (χ0v) is 19.1. The zero-order valence-electron chi connectivity index (χ0n) is 16.6. The van der Waals surface area contributed by atoms with Gasteiger partial charge in [0.25, 0.3) is 0 Å². The number of hydrogen-bond acceptors (Lipinski definition) is 0. The Labute approximate surface area is 186 Å². The van der Waals surface area contributed by atoms with E-state index in [9.17, 15) is 0 Å². The van der Waals surface area contributed by atoms with Crippen LogP contribution in [0, 0.1) is 20.8 Å². The first kappa shape index (κ1) is 27.3. The molecule has 0 heterocycles. The molecule has 3 aromatic rings. The van der Waals surface area contributed by atoms with E-state index in [2.05, 4.69) is 26.1 Å². The average Bonchev–Trinajstić information content (AvgIpc) is 2.66. The fraction of sp³-hybridized carbons (Fsp3) is 0.160. The van der Waals surface area contributed by atoms with E-state index in [0.29, 0.717) is 0 Å². The first-order valence-corrected chi connectivity index (χ1v) is 8.84. The summed E-state index contributed by atoms with van der Waals surface area (Å²) in [5.74, 6) is 0. The Morgan fingerprint density at radius 3 is 0.815 bits per heavy atom. The van der Waals surface area contributed by atoms with E-state index >= 15 is 0 Å². The van der Waals surface area contributed by atoms with Crippen LogP contribution >= 0.6 is 0 Å². The van der Waals surface area contributed by atoms with Crippen molar-refractivity contribution >= 4 is 0 Å². The quantitative estimate of drug-likeness (QED) is 0.384. The van der Waals surface area contributed by atoms with Gasteiger partial charge in [0, 0.05) is 0 Å². The van der Waals surface area contributed by atoms with Crippen LogP contribution in [0.1, 0.15) is 30.5 Å². The van der Waals surface area contributed by atoms with Gasteiger partial charge in [-0.1, -0.05) is 32.0 Å². The molecule has 0 saturated heterocycles. The molecule has 0 radical (unpaired) electrons. The van der Waals surface area contributed by atoms with Crippen LogP contribution in [0.15, 0.2) is 91.0 Å². The Hall–Kier alpha value is -1.89. The largest absolute Gasteiger partial charge is 4.00 e. The van der Waals surface area contributed by atoms with E-state index in [1.807, 2.05) is 105 Å². The molecule has 0 aliphatic rings. The van der Waals surface area contributed by atoms with Gasteiger partial charge in [0.15, 0.2) is 0 Å². The molecule has 0 unspecified atom stereocenters. The topological polar surface area (TPSA) is 14.1 Å². The summed E-state index contributed by atoms with van der Waals surface area (Å²) in [6, 6.07) is 29.6. The van der Waals surface area contributed by atoms with Crippen molar-refractivity contribution in [2.75, 3.05) is 13.1 Å². The maximum atomic E-state index is 3.97. The molecule has 0 amide bonds. The molecular weight excluding hydrogens is 406 g/mol. The average molecular weight is 437 g/mol. The molecule has 2 heteroatoms. The van der Waals surface area contributed by atoms with Crippen molar-refractivity contribution in [3.05, 3.63) is 134 Å². The van der Waals surface area contributed by atoms with E-state index in [1.54, 1.807) is 0 Å². The summed E-state index contributed by atoms with van der Waals surface area (Å²) in [5.41, 5.74) is 3.22. The van der Waals surface area contributed by atoms with Gasteiger partial charge in [-0.25, -0.2) is 0 Å². The van der Waals surface area contributed by atoms with Crippen LogP contribution in [0.5, 0.6) is 0 Å². The normalized spacial score (nSPS) is 8.22. The first-order valence-electron chi connectivity index (χ1n) is 8.84. The van der Waals surface area contributed by atoms with Crippen LogP contribution in [-0.2, 0) is 26.2 Å². The number of hydrogen-bond donors (Lipinski definition) is 0. The smallest absolute Gasteiger partial charge is 0.663 e. The Morgan fingerprint density at radius 1 is 0.519 bits per heavy atom. The minimum atomic E-state index is 0. The second-order valence-corrected chi connectivity index (χ2v) is 5.31. The van der Waals surface area contributed by atoms with E-state index in [1.165, 1.54) is 0 Å². The van der Waals surface area contributed by atoms with Gasteiger partial charge in [0.05, 0.1) is 0 Å². The Kier molecular flexibility index (Phi) is 20.7. The molecule has 27 heavy (non-hydrogen) atoms. The van der Waals surface area contributed by atoms with Crippen molar-refractivity contribution in [3.63, 3.8) is 0 Å². The zero-order chi connectivity index (χ0) is 19.5. The van der Waals surface area contributed by atoms with Gasteiger partial charge >= 0.3 is 26.2 Å². The van der Waals surface area contributed by atoms with Gasteiger partial charge in [0.2, 0.25) is 0 Å². The number of benzene rings is 3. The second-order valence-electron chi connectivity index (χ2n) is 5.31. The molecule has 3 aromatic carbocycles. The van der Waals surface area contributed by atoms with Gasteiger partial charge in [-0.05, 0) is 0 Å². The fourth-order valence-corrected chi connectivity index (χ4v) is 1.66. The van der Waals surface area contributed by atoms with Gasteiger partial charge in [-0.2, -0.15) is 86.9 Å². The monoisotopic (exact) mass is 435 g/mol. The van der Waals surface area contributed by atoms with Crippen LogP contribution in [0.2, 0.25) is 0 Å². The molecule has 0 bridgehead atoms. The molecule has 1 nitrogen and oxygen atoms in total. The van der Waals surface area contributed by atoms with Crippen LogP contribution in [0.25, 0.3) is 5.32 Å². The SMILES string of the molecule is CC[N-]CC.[CH2-]c1ccccc1.[CH2-]c1ccccc1.[CH2-]c1ccccc1.[Zr+4].